The van der Waals surface area contributed by atoms with Crippen molar-refractivity contribution in [3.63, 3.8) is 0 Å². The molecule has 0 fully saturated rings. The summed E-state index contributed by atoms with van der Waals surface area (Å²) >= 11 is 0. The van der Waals surface area contributed by atoms with Gasteiger partial charge in [-0.1, -0.05) is 0 Å². The van der Waals surface area contributed by atoms with Crippen LogP contribution in [0.15, 0.2) is 0 Å². The zero-order valence-electron chi connectivity index (χ0n) is 7.55. The Labute approximate surface area is 68.6 Å². The van der Waals surface area contributed by atoms with Gasteiger partial charge in [0.25, 0.3) is 0 Å². The molecular weight excluding hydrogens is 144 g/mol. The van der Waals surface area contributed by atoms with E-state index in [9.17, 15) is 0 Å². The third kappa shape index (κ3) is 6.28. The standard InChI is InChI=1S/C8H17O3/c1-9-6-4-8(11-3)5-7-10-2/h4-7H2,1-3H3. The molecule has 0 aromatic rings. The van der Waals surface area contributed by atoms with E-state index in [1.807, 2.05) is 0 Å². The first-order valence-electron chi connectivity index (χ1n) is 3.71. The minimum absolute atomic E-state index is 0.715. The van der Waals surface area contributed by atoms with Gasteiger partial charge in [-0.2, -0.15) is 0 Å². The SMILES string of the molecule is COCC[C](CCOC)OC. The molecule has 0 aliphatic carbocycles. The molecule has 0 saturated heterocycles. The van der Waals surface area contributed by atoms with Crippen molar-refractivity contribution in [2.24, 2.45) is 0 Å². The first-order chi connectivity index (χ1) is 5.35. The average Bonchev–Trinajstić information content (AvgIpc) is 2.05. The lowest BCUT2D eigenvalue weighted by atomic mass is 10.2. The van der Waals surface area contributed by atoms with Crippen LogP contribution in [0.1, 0.15) is 12.8 Å². The minimum Gasteiger partial charge on any atom is -0.385 e. The first kappa shape index (κ1) is 10.9. The van der Waals surface area contributed by atoms with Gasteiger partial charge in [-0.25, -0.2) is 0 Å². The Balaban J connectivity index is 3.25. The fraction of sp³-hybridized carbons (Fsp3) is 0.875. The summed E-state index contributed by atoms with van der Waals surface area (Å²) in [6.07, 6.45) is 2.75. The molecule has 0 rings (SSSR count). The maximum Gasteiger partial charge on any atom is 0.101 e. The zero-order chi connectivity index (χ0) is 8.53. The molecule has 0 saturated carbocycles. The fourth-order valence-corrected chi connectivity index (χ4v) is 0.761. The zero-order valence-corrected chi connectivity index (χ0v) is 7.55. The molecule has 0 N–H and O–H groups in total. The fourth-order valence-electron chi connectivity index (χ4n) is 0.761. The lowest BCUT2D eigenvalue weighted by Gasteiger charge is -2.12. The number of rotatable bonds is 7. The molecule has 0 amide bonds. The van der Waals surface area contributed by atoms with E-state index >= 15 is 0 Å². The molecule has 0 heterocycles. The number of ether oxygens (including phenoxy) is 3. The highest BCUT2D eigenvalue weighted by Crippen LogP contribution is 2.11. The van der Waals surface area contributed by atoms with Crippen LogP contribution in [-0.4, -0.2) is 34.5 Å². The summed E-state index contributed by atoms with van der Waals surface area (Å²) in [6, 6.07) is 0. The number of methoxy groups -OCH3 is 3. The second-order valence-electron chi connectivity index (χ2n) is 2.23. The van der Waals surface area contributed by atoms with Crippen LogP contribution < -0.4 is 0 Å². The molecule has 1 radical (unpaired) electrons. The molecular formula is C8H17O3. The predicted molar refractivity (Wildman–Crippen MR) is 43.2 cm³/mol. The van der Waals surface area contributed by atoms with Crippen molar-refractivity contribution in [1.29, 1.82) is 0 Å². The van der Waals surface area contributed by atoms with Gasteiger partial charge in [0.15, 0.2) is 0 Å². The molecule has 0 aromatic heterocycles. The normalized spacial score (nSPS) is 10.9. The van der Waals surface area contributed by atoms with Crippen LogP contribution in [0.2, 0.25) is 0 Å². The highest BCUT2D eigenvalue weighted by Gasteiger charge is 2.06. The molecule has 0 unspecified atom stereocenters. The van der Waals surface area contributed by atoms with Gasteiger partial charge in [-0.05, 0) is 0 Å². The summed E-state index contributed by atoms with van der Waals surface area (Å²) in [5.41, 5.74) is 0. The predicted octanol–water partition coefficient (Wildman–Crippen LogP) is 1.24. The Hall–Kier alpha value is -0.120. The molecule has 0 bridgehead atoms. The molecule has 0 aromatic carbocycles. The van der Waals surface area contributed by atoms with Crippen LogP contribution in [0.3, 0.4) is 0 Å². The van der Waals surface area contributed by atoms with Crippen molar-refractivity contribution in [3.8, 4) is 0 Å². The van der Waals surface area contributed by atoms with Gasteiger partial charge < -0.3 is 14.2 Å². The number of hydrogen-bond donors (Lipinski definition) is 0. The summed E-state index contributed by atoms with van der Waals surface area (Å²) in [4.78, 5) is 0. The molecule has 0 spiro atoms. The van der Waals surface area contributed by atoms with E-state index in [0.717, 1.165) is 18.9 Å². The highest BCUT2D eigenvalue weighted by atomic mass is 16.5. The van der Waals surface area contributed by atoms with Gasteiger partial charge in [-0.15, -0.1) is 0 Å². The Bertz CT molecular complexity index is 67.7. The largest absolute Gasteiger partial charge is 0.385 e. The van der Waals surface area contributed by atoms with E-state index in [4.69, 9.17) is 14.2 Å². The molecule has 3 heteroatoms. The lowest BCUT2D eigenvalue weighted by molar-refractivity contribution is 0.109. The summed E-state index contributed by atoms with van der Waals surface area (Å²) in [7, 11) is 5.05. The minimum atomic E-state index is 0.715. The van der Waals surface area contributed by atoms with Gasteiger partial charge in [-0.3, -0.25) is 0 Å². The van der Waals surface area contributed by atoms with Crippen LogP contribution in [0.5, 0.6) is 0 Å². The molecule has 0 aliphatic heterocycles. The van der Waals surface area contributed by atoms with Crippen LogP contribution in [0.4, 0.5) is 0 Å². The Morgan fingerprint density at radius 3 is 1.64 bits per heavy atom. The summed E-state index contributed by atoms with van der Waals surface area (Å²) in [5, 5.41) is 0. The van der Waals surface area contributed by atoms with Crippen molar-refractivity contribution < 1.29 is 14.2 Å². The molecule has 3 nitrogen and oxygen atoms in total. The second kappa shape index (κ2) is 7.98. The van der Waals surface area contributed by atoms with Crippen molar-refractivity contribution >= 4 is 0 Å². The van der Waals surface area contributed by atoms with E-state index in [0.29, 0.717) is 13.2 Å². The molecule has 0 atom stereocenters. The lowest BCUT2D eigenvalue weighted by Crippen LogP contribution is -2.07. The van der Waals surface area contributed by atoms with E-state index in [1.165, 1.54) is 0 Å². The van der Waals surface area contributed by atoms with Gasteiger partial charge in [0, 0.05) is 47.4 Å². The van der Waals surface area contributed by atoms with Crippen LogP contribution in [0.25, 0.3) is 0 Å². The quantitative estimate of drug-likeness (QED) is 0.562. The second-order valence-corrected chi connectivity index (χ2v) is 2.23. The van der Waals surface area contributed by atoms with E-state index in [-0.39, 0.29) is 0 Å². The smallest absolute Gasteiger partial charge is 0.101 e. The van der Waals surface area contributed by atoms with Crippen molar-refractivity contribution in [2.75, 3.05) is 34.5 Å². The highest BCUT2D eigenvalue weighted by molar-refractivity contribution is 4.76. The molecule has 67 valence electrons. The van der Waals surface area contributed by atoms with Gasteiger partial charge in [0.2, 0.25) is 0 Å². The van der Waals surface area contributed by atoms with Crippen molar-refractivity contribution in [3.05, 3.63) is 6.10 Å². The van der Waals surface area contributed by atoms with Crippen molar-refractivity contribution in [2.45, 2.75) is 12.8 Å². The van der Waals surface area contributed by atoms with E-state index in [2.05, 4.69) is 0 Å². The number of hydrogen-bond acceptors (Lipinski definition) is 3. The van der Waals surface area contributed by atoms with Gasteiger partial charge >= 0.3 is 0 Å². The maximum atomic E-state index is 5.11. The van der Waals surface area contributed by atoms with Crippen LogP contribution in [0, 0.1) is 6.10 Å². The Morgan fingerprint density at radius 1 is 0.909 bits per heavy atom. The third-order valence-corrected chi connectivity index (χ3v) is 1.46. The average molecular weight is 161 g/mol. The first-order valence-corrected chi connectivity index (χ1v) is 3.71. The van der Waals surface area contributed by atoms with Gasteiger partial charge in [0.1, 0.15) is 6.10 Å². The van der Waals surface area contributed by atoms with Crippen molar-refractivity contribution in [1.82, 2.24) is 0 Å². The monoisotopic (exact) mass is 161 g/mol. The van der Waals surface area contributed by atoms with Crippen LogP contribution in [-0.2, 0) is 14.2 Å². The van der Waals surface area contributed by atoms with E-state index < -0.39 is 0 Å². The molecule has 0 aliphatic rings. The summed E-state index contributed by atoms with van der Waals surface area (Å²) < 4.78 is 14.9. The Morgan fingerprint density at radius 2 is 1.36 bits per heavy atom. The third-order valence-electron chi connectivity index (χ3n) is 1.46. The molecule has 11 heavy (non-hydrogen) atoms. The topological polar surface area (TPSA) is 27.7 Å². The summed E-state index contributed by atoms with van der Waals surface area (Å²) in [5.74, 6) is 0. The maximum absolute atomic E-state index is 5.11. The van der Waals surface area contributed by atoms with Crippen LogP contribution >= 0.6 is 0 Å². The van der Waals surface area contributed by atoms with Gasteiger partial charge in [0.05, 0.1) is 0 Å². The van der Waals surface area contributed by atoms with E-state index in [1.54, 1.807) is 21.3 Å². The Kier molecular flexibility index (Phi) is 7.89. The summed E-state index contributed by atoms with van der Waals surface area (Å²) in [6.45, 7) is 1.43.